The number of para-hydroxylation sites is 1. The molecule has 1 aromatic carbocycles. The van der Waals surface area contributed by atoms with E-state index in [-0.39, 0.29) is 0 Å². The molecule has 0 atom stereocenters. The topological polar surface area (TPSA) is 15.3 Å². The van der Waals surface area contributed by atoms with E-state index in [2.05, 4.69) is 22.6 Å². The molecule has 2 rings (SSSR count). The predicted molar refractivity (Wildman–Crippen MR) is 61.7 cm³/mol. The number of rotatable bonds is 2. The lowest BCUT2D eigenvalue weighted by Gasteiger charge is -2.26. The second-order valence-electron chi connectivity index (χ2n) is 2.80. The van der Waals surface area contributed by atoms with Crippen molar-refractivity contribution in [2.75, 3.05) is 22.3 Å². The Morgan fingerprint density at radius 2 is 1.77 bits per heavy atom. The summed E-state index contributed by atoms with van der Waals surface area (Å²) in [5.41, 5.74) is 4.54. The van der Waals surface area contributed by atoms with Crippen LogP contribution >= 0.6 is 23.5 Å². The number of nitrogens with zero attached hydrogens (tertiary/aromatic N) is 1. The Kier molecular flexibility index (Phi) is 3.40. The van der Waals surface area contributed by atoms with Crippen molar-refractivity contribution < 1.29 is 0 Å². The fourth-order valence-corrected chi connectivity index (χ4v) is 3.09. The van der Waals surface area contributed by atoms with Crippen molar-refractivity contribution in [1.82, 2.24) is 5.01 Å². The highest BCUT2D eigenvalue weighted by Crippen LogP contribution is 2.22. The van der Waals surface area contributed by atoms with Crippen LogP contribution in [-0.4, -0.2) is 21.8 Å². The summed E-state index contributed by atoms with van der Waals surface area (Å²) >= 11 is 3.90. The highest BCUT2D eigenvalue weighted by molar-refractivity contribution is 8.16. The van der Waals surface area contributed by atoms with Crippen LogP contribution in [-0.2, 0) is 0 Å². The molecule has 0 unspecified atom stereocenters. The minimum atomic E-state index is 1.07. The van der Waals surface area contributed by atoms with E-state index in [1.807, 2.05) is 41.7 Å². The molecule has 0 radical (unpaired) electrons. The van der Waals surface area contributed by atoms with Crippen molar-refractivity contribution >= 4 is 29.2 Å². The summed E-state index contributed by atoms with van der Waals surface area (Å²) in [6.07, 6.45) is 0. The molecule has 2 nitrogen and oxygen atoms in total. The predicted octanol–water partition coefficient (Wildman–Crippen LogP) is 2.67. The molecule has 4 heteroatoms. The molecule has 0 bridgehead atoms. The van der Waals surface area contributed by atoms with Gasteiger partial charge in [0, 0.05) is 10.8 Å². The fourth-order valence-electron chi connectivity index (χ4n) is 1.15. The van der Waals surface area contributed by atoms with Gasteiger partial charge in [0.1, 0.15) is 0 Å². The first-order valence-corrected chi connectivity index (χ1v) is 6.48. The SMILES string of the molecule is c1ccc(NN2CSCSC2)cc1. The van der Waals surface area contributed by atoms with E-state index in [1.54, 1.807) is 0 Å². The van der Waals surface area contributed by atoms with Crippen LogP contribution < -0.4 is 5.43 Å². The summed E-state index contributed by atoms with van der Waals surface area (Å²) in [7, 11) is 0. The number of benzene rings is 1. The molecule has 70 valence electrons. The van der Waals surface area contributed by atoms with Crippen molar-refractivity contribution in [3.05, 3.63) is 30.3 Å². The highest BCUT2D eigenvalue weighted by atomic mass is 32.2. The Morgan fingerprint density at radius 1 is 1.08 bits per heavy atom. The highest BCUT2D eigenvalue weighted by Gasteiger charge is 2.09. The molecule has 0 amide bonds. The molecule has 1 aliphatic rings. The minimum absolute atomic E-state index is 1.07. The number of anilines is 1. The van der Waals surface area contributed by atoms with Crippen molar-refractivity contribution in [3.63, 3.8) is 0 Å². The van der Waals surface area contributed by atoms with Gasteiger partial charge in [0.15, 0.2) is 0 Å². The molecule has 1 saturated heterocycles. The van der Waals surface area contributed by atoms with Gasteiger partial charge in [0.05, 0.1) is 11.8 Å². The van der Waals surface area contributed by atoms with Crippen molar-refractivity contribution in [3.8, 4) is 0 Å². The number of nitrogens with one attached hydrogen (secondary N) is 1. The van der Waals surface area contributed by atoms with E-state index >= 15 is 0 Å². The molecule has 13 heavy (non-hydrogen) atoms. The average Bonchev–Trinajstić information content (AvgIpc) is 2.21. The van der Waals surface area contributed by atoms with Gasteiger partial charge in [0.2, 0.25) is 0 Å². The molecular formula is C9H12N2S2. The third-order valence-corrected chi connectivity index (χ3v) is 4.04. The summed E-state index contributed by atoms with van der Waals surface area (Å²) in [6.45, 7) is 0. The summed E-state index contributed by atoms with van der Waals surface area (Å²) in [5, 5.41) is 3.45. The Hall–Kier alpha value is -0.320. The van der Waals surface area contributed by atoms with Gasteiger partial charge in [-0.25, -0.2) is 5.01 Å². The van der Waals surface area contributed by atoms with Gasteiger partial charge in [-0.3, -0.25) is 0 Å². The second-order valence-corrected chi connectivity index (χ2v) is 5.08. The maximum Gasteiger partial charge on any atom is 0.0652 e. The van der Waals surface area contributed by atoms with Gasteiger partial charge >= 0.3 is 0 Å². The number of thioether (sulfide) groups is 2. The first-order valence-electron chi connectivity index (χ1n) is 4.17. The molecule has 0 aromatic heterocycles. The van der Waals surface area contributed by atoms with Gasteiger partial charge in [-0.05, 0) is 12.1 Å². The van der Waals surface area contributed by atoms with E-state index in [1.165, 1.54) is 10.8 Å². The van der Waals surface area contributed by atoms with Gasteiger partial charge < -0.3 is 5.43 Å². The second kappa shape index (κ2) is 4.79. The molecule has 1 aromatic rings. The van der Waals surface area contributed by atoms with Crippen LogP contribution in [0, 0.1) is 0 Å². The Balaban J connectivity index is 1.90. The molecule has 1 aliphatic heterocycles. The minimum Gasteiger partial charge on any atom is -0.317 e. The maximum atomic E-state index is 3.37. The maximum absolute atomic E-state index is 3.37. The van der Waals surface area contributed by atoms with E-state index in [4.69, 9.17) is 0 Å². The number of hydrogen-bond donors (Lipinski definition) is 1. The van der Waals surface area contributed by atoms with Gasteiger partial charge in [0.25, 0.3) is 0 Å². The quantitative estimate of drug-likeness (QED) is 0.810. The molecule has 1 N–H and O–H groups in total. The first-order chi connectivity index (χ1) is 6.45. The van der Waals surface area contributed by atoms with Crippen LogP contribution in [0.1, 0.15) is 0 Å². The van der Waals surface area contributed by atoms with Crippen LogP contribution in [0.25, 0.3) is 0 Å². The van der Waals surface area contributed by atoms with Crippen LogP contribution in [0.15, 0.2) is 30.3 Å². The average molecular weight is 212 g/mol. The Bertz CT molecular complexity index is 247. The molecule has 1 fully saturated rings. The summed E-state index contributed by atoms with van der Waals surface area (Å²) in [6, 6.07) is 10.3. The largest absolute Gasteiger partial charge is 0.317 e. The van der Waals surface area contributed by atoms with Crippen LogP contribution in [0.5, 0.6) is 0 Å². The zero-order valence-electron chi connectivity index (χ0n) is 7.27. The summed E-state index contributed by atoms with van der Waals surface area (Å²) in [4.78, 5) is 0. The molecule has 1 heterocycles. The van der Waals surface area contributed by atoms with E-state index < -0.39 is 0 Å². The lowest BCUT2D eigenvalue weighted by atomic mass is 10.3. The van der Waals surface area contributed by atoms with Crippen molar-refractivity contribution in [2.24, 2.45) is 0 Å². The van der Waals surface area contributed by atoms with Crippen LogP contribution in [0.2, 0.25) is 0 Å². The van der Waals surface area contributed by atoms with Gasteiger partial charge in [-0.1, -0.05) is 18.2 Å². The first kappa shape index (κ1) is 9.24. The molecular weight excluding hydrogens is 200 g/mol. The van der Waals surface area contributed by atoms with Crippen molar-refractivity contribution in [1.29, 1.82) is 0 Å². The number of hydrogen-bond acceptors (Lipinski definition) is 4. The van der Waals surface area contributed by atoms with Gasteiger partial charge in [-0.15, -0.1) is 23.5 Å². The zero-order valence-corrected chi connectivity index (χ0v) is 8.90. The Labute approximate surface area is 87.0 Å². The fraction of sp³-hybridized carbons (Fsp3) is 0.333. The third kappa shape index (κ3) is 2.83. The standard InChI is InChI=1S/C9H12N2S2/c1-2-4-9(5-3-1)10-11-6-12-8-13-7-11/h1-5,10H,6-8H2. The Morgan fingerprint density at radius 3 is 2.46 bits per heavy atom. The lowest BCUT2D eigenvalue weighted by Crippen LogP contribution is -2.31. The van der Waals surface area contributed by atoms with Crippen LogP contribution in [0.4, 0.5) is 5.69 Å². The number of hydrazine groups is 1. The normalized spacial score (nSPS) is 18.5. The smallest absolute Gasteiger partial charge is 0.0652 e. The third-order valence-electron chi connectivity index (χ3n) is 1.72. The molecule has 0 saturated carbocycles. The lowest BCUT2D eigenvalue weighted by molar-refractivity contribution is 0.455. The van der Waals surface area contributed by atoms with Crippen molar-refractivity contribution in [2.45, 2.75) is 0 Å². The summed E-state index contributed by atoms with van der Waals surface area (Å²) in [5.74, 6) is 2.14. The van der Waals surface area contributed by atoms with E-state index in [9.17, 15) is 0 Å². The van der Waals surface area contributed by atoms with E-state index in [0.717, 1.165) is 11.8 Å². The molecule has 0 aliphatic carbocycles. The zero-order chi connectivity index (χ0) is 8.93. The van der Waals surface area contributed by atoms with E-state index in [0.29, 0.717) is 0 Å². The van der Waals surface area contributed by atoms with Crippen LogP contribution in [0.3, 0.4) is 0 Å². The molecule has 0 spiro atoms. The monoisotopic (exact) mass is 212 g/mol. The summed E-state index contributed by atoms with van der Waals surface area (Å²) < 4.78 is 0. The van der Waals surface area contributed by atoms with Gasteiger partial charge in [-0.2, -0.15) is 0 Å².